The van der Waals surface area contributed by atoms with Gasteiger partial charge in [-0.05, 0) is 82.8 Å². The number of aliphatic hydroxyl groups excluding tert-OH is 1. The largest absolute Gasteiger partial charge is 0.457 e. The second-order valence-electron chi connectivity index (χ2n) is 12.7. The van der Waals surface area contributed by atoms with Gasteiger partial charge < -0.3 is 14.6 Å². The quantitative estimate of drug-likeness (QED) is 0.0370. The first-order valence-corrected chi connectivity index (χ1v) is 17.9. The Balaban J connectivity index is 1.02. The molecule has 0 radical (unpaired) electrons. The predicted molar refractivity (Wildman–Crippen MR) is 190 cm³/mol. The molecule has 1 N–H and O–H groups in total. The Bertz CT molecular complexity index is 1410. The molecule has 0 heterocycles. The average molecular weight is 613 g/mol. The minimum absolute atomic E-state index is 0.214. The Hall–Kier alpha value is -2.95. The van der Waals surface area contributed by atoms with Crippen LogP contribution in [0.1, 0.15) is 115 Å². The molecule has 45 heavy (non-hydrogen) atoms. The Morgan fingerprint density at radius 1 is 0.711 bits per heavy atom. The van der Waals surface area contributed by atoms with E-state index in [1.165, 1.54) is 115 Å². The summed E-state index contributed by atoms with van der Waals surface area (Å²) in [5.41, 5.74) is 1.26. The fraction of sp³-hybridized carbons (Fsp3) is 0.537. The number of aryl methyl sites for hydroxylation is 1. The zero-order valence-corrected chi connectivity index (χ0v) is 27.7. The topological polar surface area (TPSA) is 55.8 Å². The van der Waals surface area contributed by atoms with Crippen molar-refractivity contribution in [2.45, 2.75) is 122 Å². The summed E-state index contributed by atoms with van der Waals surface area (Å²) in [7, 11) is 0. The van der Waals surface area contributed by atoms with E-state index in [0.29, 0.717) is 19.4 Å². The fourth-order valence-electron chi connectivity index (χ4n) is 6.47. The van der Waals surface area contributed by atoms with E-state index < -0.39 is 6.10 Å². The van der Waals surface area contributed by atoms with E-state index >= 15 is 0 Å². The fourth-order valence-corrected chi connectivity index (χ4v) is 6.47. The number of esters is 1. The highest BCUT2D eigenvalue weighted by molar-refractivity contribution is 6.23. The standard InChI is InChI=1S/C41H56O4/c1-2-3-4-5-6-7-8-9-10-11-12-13-14-15-16-17-30-44-32-37(31-42)45-39(43)23-19-20-33-24-25-36-27-26-34-21-18-22-35-28-29-38(33)41(36)40(34)35/h9-10,18,21-22,24-29,37,42H,2-8,11-17,19-20,23,30-32H2,1H3. The number of hydrogen-bond acceptors (Lipinski definition) is 4. The lowest BCUT2D eigenvalue weighted by Crippen LogP contribution is -2.27. The van der Waals surface area contributed by atoms with Crippen LogP contribution >= 0.6 is 0 Å². The molecular formula is C41H56O4. The minimum Gasteiger partial charge on any atom is -0.457 e. The third-order valence-corrected chi connectivity index (χ3v) is 9.05. The second kappa shape index (κ2) is 20.2. The number of rotatable bonds is 24. The van der Waals surface area contributed by atoms with Crippen molar-refractivity contribution in [1.29, 1.82) is 0 Å². The summed E-state index contributed by atoms with van der Waals surface area (Å²) in [6.07, 6.45) is 23.9. The first kappa shape index (κ1) is 34.9. The molecule has 0 amide bonds. The van der Waals surface area contributed by atoms with E-state index in [0.717, 1.165) is 19.3 Å². The van der Waals surface area contributed by atoms with Gasteiger partial charge in [0.2, 0.25) is 0 Å². The van der Waals surface area contributed by atoms with Crippen LogP contribution in [0.3, 0.4) is 0 Å². The first-order valence-electron chi connectivity index (χ1n) is 17.9. The third kappa shape index (κ3) is 11.4. The highest BCUT2D eigenvalue weighted by atomic mass is 16.6. The molecule has 0 aliphatic carbocycles. The van der Waals surface area contributed by atoms with Crippen molar-refractivity contribution in [2.75, 3.05) is 19.8 Å². The summed E-state index contributed by atoms with van der Waals surface area (Å²) < 4.78 is 11.3. The Labute approximate surface area is 271 Å². The number of hydrogen-bond donors (Lipinski definition) is 1. The van der Waals surface area contributed by atoms with Gasteiger partial charge in [-0.1, -0.05) is 131 Å². The lowest BCUT2D eigenvalue weighted by molar-refractivity contribution is -0.154. The Kier molecular flexibility index (Phi) is 15.7. The number of unbranched alkanes of at least 4 members (excludes halogenated alkanes) is 12. The molecule has 0 aliphatic heterocycles. The van der Waals surface area contributed by atoms with Gasteiger partial charge >= 0.3 is 5.97 Å². The number of carbonyl (C=O) groups excluding carboxylic acids is 1. The van der Waals surface area contributed by atoms with Crippen molar-refractivity contribution in [3.8, 4) is 0 Å². The van der Waals surface area contributed by atoms with Gasteiger partial charge in [0.05, 0.1) is 13.2 Å². The van der Waals surface area contributed by atoms with Crippen LogP contribution in [-0.4, -0.2) is 37.0 Å². The molecule has 0 bridgehead atoms. The molecule has 4 rings (SSSR count). The van der Waals surface area contributed by atoms with Crippen LogP contribution in [0.5, 0.6) is 0 Å². The molecule has 4 heteroatoms. The van der Waals surface area contributed by atoms with Crippen LogP contribution in [0.2, 0.25) is 0 Å². The van der Waals surface area contributed by atoms with Gasteiger partial charge in [0, 0.05) is 13.0 Å². The van der Waals surface area contributed by atoms with E-state index in [4.69, 9.17) is 9.47 Å². The van der Waals surface area contributed by atoms with E-state index in [-0.39, 0.29) is 19.2 Å². The minimum atomic E-state index is -0.596. The molecule has 0 fully saturated rings. The number of ether oxygens (including phenoxy) is 2. The van der Waals surface area contributed by atoms with Gasteiger partial charge in [0.1, 0.15) is 6.10 Å². The summed E-state index contributed by atoms with van der Waals surface area (Å²) in [5.74, 6) is -0.271. The highest BCUT2D eigenvalue weighted by Gasteiger charge is 2.15. The van der Waals surface area contributed by atoms with Crippen LogP contribution in [0.15, 0.2) is 66.7 Å². The van der Waals surface area contributed by atoms with Crippen molar-refractivity contribution in [3.05, 3.63) is 72.3 Å². The summed E-state index contributed by atoms with van der Waals surface area (Å²) in [6, 6.07) is 19.6. The zero-order valence-electron chi connectivity index (χ0n) is 27.7. The van der Waals surface area contributed by atoms with E-state index in [1.807, 2.05) is 0 Å². The molecule has 4 aromatic carbocycles. The molecule has 4 nitrogen and oxygen atoms in total. The number of carbonyl (C=O) groups is 1. The molecular weight excluding hydrogens is 556 g/mol. The summed E-state index contributed by atoms with van der Waals surface area (Å²) >= 11 is 0. The van der Waals surface area contributed by atoms with Gasteiger partial charge in [0.25, 0.3) is 0 Å². The molecule has 0 spiro atoms. The summed E-state index contributed by atoms with van der Waals surface area (Å²) in [6.45, 7) is 2.95. The van der Waals surface area contributed by atoms with Crippen molar-refractivity contribution in [2.24, 2.45) is 0 Å². The van der Waals surface area contributed by atoms with Crippen LogP contribution in [-0.2, 0) is 20.7 Å². The lowest BCUT2D eigenvalue weighted by Gasteiger charge is -2.16. The van der Waals surface area contributed by atoms with Crippen molar-refractivity contribution >= 4 is 38.3 Å². The Morgan fingerprint density at radius 2 is 1.31 bits per heavy atom. The van der Waals surface area contributed by atoms with Crippen LogP contribution < -0.4 is 0 Å². The van der Waals surface area contributed by atoms with Gasteiger partial charge in [0.15, 0.2) is 0 Å². The monoisotopic (exact) mass is 612 g/mol. The first-order chi connectivity index (χ1) is 22.2. The van der Waals surface area contributed by atoms with Gasteiger partial charge in [-0.3, -0.25) is 4.79 Å². The van der Waals surface area contributed by atoms with E-state index in [2.05, 4.69) is 73.7 Å². The molecule has 244 valence electrons. The van der Waals surface area contributed by atoms with Crippen LogP contribution in [0.25, 0.3) is 32.3 Å². The normalized spacial score (nSPS) is 12.7. The molecule has 4 aromatic rings. The summed E-state index contributed by atoms with van der Waals surface area (Å²) in [5, 5.41) is 17.4. The van der Waals surface area contributed by atoms with Crippen molar-refractivity contribution < 1.29 is 19.4 Å². The molecule has 0 saturated heterocycles. The maximum absolute atomic E-state index is 12.5. The van der Waals surface area contributed by atoms with Gasteiger partial charge in [-0.2, -0.15) is 0 Å². The predicted octanol–water partition coefficient (Wildman–Crippen LogP) is 10.9. The molecule has 0 aliphatic rings. The molecule has 1 unspecified atom stereocenters. The third-order valence-electron chi connectivity index (χ3n) is 9.05. The Morgan fingerprint density at radius 3 is 2.00 bits per heavy atom. The van der Waals surface area contributed by atoms with Crippen LogP contribution in [0, 0.1) is 0 Å². The second-order valence-corrected chi connectivity index (χ2v) is 12.7. The van der Waals surface area contributed by atoms with E-state index in [1.54, 1.807) is 0 Å². The van der Waals surface area contributed by atoms with Gasteiger partial charge in [-0.15, -0.1) is 0 Å². The number of allylic oxidation sites excluding steroid dienone is 2. The maximum atomic E-state index is 12.5. The van der Waals surface area contributed by atoms with E-state index in [9.17, 15) is 9.90 Å². The summed E-state index contributed by atoms with van der Waals surface area (Å²) in [4.78, 5) is 12.5. The number of benzene rings is 4. The van der Waals surface area contributed by atoms with Crippen molar-refractivity contribution in [3.63, 3.8) is 0 Å². The molecule has 0 saturated carbocycles. The molecule has 0 aromatic heterocycles. The van der Waals surface area contributed by atoms with Crippen molar-refractivity contribution in [1.82, 2.24) is 0 Å². The van der Waals surface area contributed by atoms with Crippen LogP contribution in [0.4, 0.5) is 0 Å². The number of aliphatic hydroxyl groups is 1. The molecule has 1 atom stereocenters. The SMILES string of the molecule is CCCCCCCCC=CCCCCCCCCOCC(CO)OC(=O)CCCc1ccc2ccc3cccc4ccc1c2c34. The smallest absolute Gasteiger partial charge is 0.306 e. The maximum Gasteiger partial charge on any atom is 0.306 e. The lowest BCUT2D eigenvalue weighted by atomic mass is 9.90. The zero-order chi connectivity index (χ0) is 31.5. The highest BCUT2D eigenvalue weighted by Crippen LogP contribution is 2.36. The average Bonchev–Trinajstić information content (AvgIpc) is 3.06. The van der Waals surface area contributed by atoms with Gasteiger partial charge in [-0.25, -0.2) is 0 Å².